The molecule has 0 nitrogen and oxygen atoms in total. The molecule has 0 N–H and O–H groups in total. The Bertz CT molecular complexity index is 225. The third-order valence-electron chi connectivity index (χ3n) is 1.21. The van der Waals surface area contributed by atoms with Gasteiger partial charge < -0.3 is 0 Å². The Morgan fingerprint density at radius 1 is 1.20 bits per heavy atom. The van der Waals surface area contributed by atoms with Crippen molar-refractivity contribution in [2.75, 3.05) is 0 Å². The molecule has 0 saturated carbocycles. The van der Waals surface area contributed by atoms with Crippen LogP contribution in [0.1, 0.15) is 0 Å². The molecule has 0 aliphatic rings. The molecule has 1 unspecified atom stereocenters. The minimum absolute atomic E-state index is 0.937. The van der Waals surface area contributed by atoms with E-state index in [4.69, 9.17) is 15.1 Å². The predicted octanol–water partition coefficient (Wildman–Crippen LogP) is 0.461. The highest BCUT2D eigenvalue weighted by Gasteiger charge is 1.98. The molecule has 0 aromatic heterocycles. The van der Waals surface area contributed by atoms with Crippen molar-refractivity contribution < 1.29 is 0 Å². The first-order chi connectivity index (χ1) is 4.72. The van der Waals surface area contributed by atoms with Crippen LogP contribution in [-0.4, -0.2) is 15.1 Å². The van der Waals surface area contributed by atoms with Gasteiger partial charge in [0.15, 0.2) is 0 Å². The molecule has 1 aromatic rings. The lowest BCUT2D eigenvalue weighted by Crippen LogP contribution is -2.15. The van der Waals surface area contributed by atoms with Crippen molar-refractivity contribution in [3.05, 3.63) is 24.3 Å². The number of hydrogen-bond acceptors (Lipinski definition) is 0. The van der Waals surface area contributed by atoms with E-state index in [9.17, 15) is 0 Å². The first kappa shape index (κ1) is 8.31. The van der Waals surface area contributed by atoms with Gasteiger partial charge in [0.05, 0.1) is 0 Å². The first-order valence-corrected chi connectivity index (χ1v) is 4.91. The lowest BCUT2D eigenvalue weighted by molar-refractivity contribution is 1.83. The minimum atomic E-state index is -0.937. The number of rotatable bonds is 1. The maximum atomic E-state index is 5.54. The molecule has 0 spiro atoms. The number of benzene rings is 1. The average Bonchev–Trinajstić information content (AvgIpc) is 1.88. The first-order valence-electron chi connectivity index (χ1n) is 2.86. The van der Waals surface area contributed by atoms with Crippen molar-refractivity contribution in [2.45, 2.75) is 0 Å². The van der Waals surface area contributed by atoms with Crippen LogP contribution in [0, 0.1) is 0 Å². The maximum absolute atomic E-state index is 5.54. The lowest BCUT2D eigenvalue weighted by atomic mass is 10.4. The minimum Gasteiger partial charge on any atom is -0.172 e. The van der Waals surface area contributed by atoms with Gasteiger partial charge in [-0.1, -0.05) is 24.3 Å². The summed E-state index contributed by atoms with van der Waals surface area (Å²) >= 11 is 0. The Labute approximate surface area is 67.5 Å². The molecule has 4 heteroatoms. The van der Waals surface area contributed by atoms with Crippen LogP contribution < -0.4 is 10.6 Å². The van der Waals surface area contributed by atoms with Gasteiger partial charge in [0.2, 0.25) is 0 Å². The molecule has 10 heavy (non-hydrogen) atoms. The maximum Gasteiger partial charge on any atom is 0.101 e. The van der Waals surface area contributed by atoms with Crippen LogP contribution in [0.25, 0.3) is 0 Å². The smallest absolute Gasteiger partial charge is 0.101 e. The SMILES string of the molecule is [B]P([B])c1ccccc1P. The van der Waals surface area contributed by atoms with E-state index in [1.807, 2.05) is 24.3 Å². The molecule has 4 radical (unpaired) electrons. The normalized spacial score (nSPS) is 10.2. The van der Waals surface area contributed by atoms with E-state index in [1.165, 1.54) is 0 Å². The Morgan fingerprint density at radius 3 is 2.20 bits per heavy atom. The van der Waals surface area contributed by atoms with Crippen LogP contribution in [-0.2, 0) is 0 Å². The van der Waals surface area contributed by atoms with E-state index in [2.05, 4.69) is 9.24 Å². The summed E-state index contributed by atoms with van der Waals surface area (Å²) in [5.41, 5.74) is 0. The van der Waals surface area contributed by atoms with Gasteiger partial charge in [-0.25, -0.2) is 0 Å². The quantitative estimate of drug-likeness (QED) is 0.415. The van der Waals surface area contributed by atoms with Crippen LogP contribution in [0.2, 0.25) is 0 Å². The molecular weight excluding hydrogens is 156 g/mol. The molecule has 0 saturated heterocycles. The highest BCUT2D eigenvalue weighted by atomic mass is 31.1. The summed E-state index contributed by atoms with van der Waals surface area (Å²) in [5, 5.41) is 2.14. The van der Waals surface area contributed by atoms with E-state index in [0.717, 1.165) is 10.6 Å². The molecule has 46 valence electrons. The Kier molecular flexibility index (Phi) is 2.96. The molecule has 0 amide bonds. The summed E-state index contributed by atoms with van der Waals surface area (Å²) < 4.78 is 0. The zero-order valence-corrected chi connectivity index (χ0v) is 7.54. The Balaban J connectivity index is 3.03. The highest BCUT2D eigenvalue weighted by Crippen LogP contribution is 2.19. The van der Waals surface area contributed by atoms with Gasteiger partial charge >= 0.3 is 0 Å². The molecule has 1 atom stereocenters. The highest BCUT2D eigenvalue weighted by molar-refractivity contribution is 8.06. The zero-order valence-electron chi connectivity index (χ0n) is 5.49. The number of hydrogen-bond donors (Lipinski definition) is 0. The summed E-state index contributed by atoms with van der Waals surface area (Å²) in [4.78, 5) is 0. The van der Waals surface area contributed by atoms with E-state index in [-0.39, 0.29) is 0 Å². The van der Waals surface area contributed by atoms with Gasteiger partial charge in [0.25, 0.3) is 0 Å². The largest absolute Gasteiger partial charge is 0.172 e. The molecule has 1 aromatic carbocycles. The van der Waals surface area contributed by atoms with E-state index in [0.29, 0.717) is 0 Å². The fourth-order valence-corrected chi connectivity index (χ4v) is 2.01. The van der Waals surface area contributed by atoms with Crippen molar-refractivity contribution >= 4 is 42.7 Å². The predicted molar refractivity (Wildman–Crippen MR) is 53.8 cm³/mol. The van der Waals surface area contributed by atoms with Crippen LogP contribution >= 0.6 is 16.9 Å². The van der Waals surface area contributed by atoms with Crippen molar-refractivity contribution in [1.29, 1.82) is 0 Å². The van der Waals surface area contributed by atoms with Crippen molar-refractivity contribution in [2.24, 2.45) is 0 Å². The lowest BCUT2D eigenvalue weighted by Gasteiger charge is -2.09. The summed E-state index contributed by atoms with van der Waals surface area (Å²) in [6.45, 7) is 0. The van der Waals surface area contributed by atoms with E-state index < -0.39 is 7.68 Å². The monoisotopic (exact) mass is 162 g/mol. The summed E-state index contributed by atoms with van der Waals surface area (Å²) in [5.74, 6) is 0. The summed E-state index contributed by atoms with van der Waals surface area (Å²) in [6, 6.07) is 7.84. The van der Waals surface area contributed by atoms with Crippen LogP contribution in [0.5, 0.6) is 0 Å². The third-order valence-corrected chi connectivity index (χ3v) is 2.92. The fraction of sp³-hybridized carbons (Fsp3) is 0. The van der Waals surface area contributed by atoms with E-state index >= 15 is 0 Å². The van der Waals surface area contributed by atoms with Crippen LogP contribution in [0.15, 0.2) is 24.3 Å². The van der Waals surface area contributed by atoms with Crippen LogP contribution in [0.3, 0.4) is 0 Å². The van der Waals surface area contributed by atoms with E-state index in [1.54, 1.807) is 0 Å². The molecule has 0 bridgehead atoms. The molecule has 0 aliphatic heterocycles. The van der Waals surface area contributed by atoms with Gasteiger partial charge in [-0.2, -0.15) is 7.68 Å². The van der Waals surface area contributed by atoms with Crippen molar-refractivity contribution in [3.8, 4) is 0 Å². The van der Waals surface area contributed by atoms with Gasteiger partial charge in [-0.3, -0.25) is 0 Å². The van der Waals surface area contributed by atoms with Crippen molar-refractivity contribution in [1.82, 2.24) is 0 Å². The van der Waals surface area contributed by atoms with Gasteiger partial charge in [0.1, 0.15) is 15.1 Å². The average molecular weight is 162 g/mol. The zero-order chi connectivity index (χ0) is 7.56. The molecule has 0 fully saturated rings. The van der Waals surface area contributed by atoms with Crippen LogP contribution in [0.4, 0.5) is 0 Å². The fourth-order valence-electron chi connectivity index (χ4n) is 0.723. The summed E-state index contributed by atoms with van der Waals surface area (Å²) in [6.07, 6.45) is 0. The molecule has 0 aliphatic carbocycles. The topological polar surface area (TPSA) is 0 Å². The molecule has 1 rings (SSSR count). The second kappa shape index (κ2) is 3.56. The molecular formula is C6H6B2P2. The third kappa shape index (κ3) is 1.84. The second-order valence-corrected chi connectivity index (χ2v) is 3.88. The second-order valence-electron chi connectivity index (χ2n) is 1.97. The van der Waals surface area contributed by atoms with Gasteiger partial charge in [-0.05, 0) is 10.6 Å². The standard InChI is InChI=1S/C6H6B2P2/c7-10(8)6-4-2-1-3-5(6)9/h1-4H,9H2. The van der Waals surface area contributed by atoms with Crippen molar-refractivity contribution in [3.63, 3.8) is 0 Å². The van der Waals surface area contributed by atoms with Gasteiger partial charge in [-0.15, -0.1) is 9.24 Å². The molecule has 0 heterocycles. The summed E-state index contributed by atoms with van der Waals surface area (Å²) in [7, 11) is 12.8. The Hall–Kier alpha value is 0.210. The Morgan fingerprint density at radius 2 is 1.80 bits per heavy atom. The van der Waals surface area contributed by atoms with Gasteiger partial charge in [0, 0.05) is 0 Å².